The lowest BCUT2D eigenvalue weighted by Gasteiger charge is -2.38. The zero-order valence-corrected chi connectivity index (χ0v) is 12.4. The zero-order valence-electron chi connectivity index (χ0n) is 11.6. The average Bonchev–Trinajstić information content (AvgIpc) is 2.93. The van der Waals surface area contributed by atoms with Crippen molar-refractivity contribution < 1.29 is 9.59 Å². The van der Waals surface area contributed by atoms with E-state index in [4.69, 9.17) is 11.6 Å². The molecule has 0 spiro atoms. The Morgan fingerprint density at radius 3 is 2.90 bits per heavy atom. The molecule has 5 nitrogen and oxygen atoms in total. The predicted molar refractivity (Wildman–Crippen MR) is 79.9 cm³/mol. The van der Waals surface area contributed by atoms with Crippen LogP contribution in [0.5, 0.6) is 0 Å². The summed E-state index contributed by atoms with van der Waals surface area (Å²) in [5.41, 5.74) is 1.03. The highest BCUT2D eigenvalue weighted by Crippen LogP contribution is 2.27. The molecule has 21 heavy (non-hydrogen) atoms. The number of rotatable bonds is 2. The van der Waals surface area contributed by atoms with Gasteiger partial charge in [0, 0.05) is 37.6 Å². The van der Waals surface area contributed by atoms with Gasteiger partial charge in [-0.15, -0.1) is 0 Å². The zero-order chi connectivity index (χ0) is 14.8. The molecule has 112 valence electrons. The molecule has 6 heteroatoms. The number of hydrogen-bond donors (Lipinski definition) is 2. The second-order valence-electron chi connectivity index (χ2n) is 5.51. The number of piperazine rings is 1. The third-order valence-corrected chi connectivity index (χ3v) is 4.32. The van der Waals surface area contributed by atoms with Gasteiger partial charge in [-0.3, -0.25) is 9.59 Å². The van der Waals surface area contributed by atoms with Crippen molar-refractivity contribution in [3.05, 3.63) is 34.9 Å². The van der Waals surface area contributed by atoms with E-state index in [1.165, 1.54) is 0 Å². The summed E-state index contributed by atoms with van der Waals surface area (Å²) in [5, 5.41) is 6.72. The molecule has 0 aromatic heterocycles. The molecule has 2 saturated heterocycles. The summed E-state index contributed by atoms with van der Waals surface area (Å²) in [5.74, 6) is -0.222. The highest BCUT2D eigenvalue weighted by molar-refractivity contribution is 6.30. The molecular weight excluding hydrogens is 290 g/mol. The first-order chi connectivity index (χ1) is 10.1. The molecule has 1 aromatic carbocycles. The van der Waals surface area contributed by atoms with Crippen LogP contribution in [0, 0.1) is 5.92 Å². The highest BCUT2D eigenvalue weighted by atomic mass is 35.5. The van der Waals surface area contributed by atoms with Crippen LogP contribution in [0.15, 0.2) is 24.3 Å². The van der Waals surface area contributed by atoms with Gasteiger partial charge in [-0.25, -0.2) is 0 Å². The van der Waals surface area contributed by atoms with E-state index in [1.807, 2.05) is 29.2 Å². The van der Waals surface area contributed by atoms with Crippen LogP contribution in [0.1, 0.15) is 18.0 Å². The van der Waals surface area contributed by atoms with E-state index in [9.17, 15) is 9.59 Å². The molecule has 2 aliphatic heterocycles. The molecule has 0 aliphatic carbocycles. The Bertz CT molecular complexity index is 564. The molecular formula is C15H18ClN3O2. The first-order valence-corrected chi connectivity index (χ1v) is 7.56. The minimum atomic E-state index is -0.239. The Hall–Kier alpha value is -1.59. The summed E-state index contributed by atoms with van der Waals surface area (Å²) < 4.78 is 0. The number of nitrogens with zero attached hydrogens (tertiary/aromatic N) is 1. The Balaban J connectivity index is 1.81. The van der Waals surface area contributed by atoms with Gasteiger partial charge in [0.15, 0.2) is 0 Å². The smallest absolute Gasteiger partial charge is 0.228 e. The summed E-state index contributed by atoms with van der Waals surface area (Å²) in [6.07, 6.45) is 0.297. The highest BCUT2D eigenvalue weighted by Gasteiger charge is 2.35. The van der Waals surface area contributed by atoms with E-state index in [0.29, 0.717) is 31.1 Å². The molecule has 2 aliphatic rings. The molecule has 1 aromatic rings. The fourth-order valence-electron chi connectivity index (χ4n) is 2.99. The van der Waals surface area contributed by atoms with Gasteiger partial charge < -0.3 is 15.5 Å². The molecule has 2 unspecified atom stereocenters. The lowest BCUT2D eigenvalue weighted by molar-refractivity contribution is -0.139. The fourth-order valence-corrected chi connectivity index (χ4v) is 3.19. The molecule has 0 saturated carbocycles. The Morgan fingerprint density at radius 2 is 2.19 bits per heavy atom. The Labute approximate surface area is 128 Å². The first kappa shape index (κ1) is 14.4. The van der Waals surface area contributed by atoms with Crippen molar-refractivity contribution >= 4 is 23.4 Å². The van der Waals surface area contributed by atoms with Crippen LogP contribution in [0.3, 0.4) is 0 Å². The van der Waals surface area contributed by atoms with Crippen molar-refractivity contribution in [2.45, 2.75) is 12.5 Å². The summed E-state index contributed by atoms with van der Waals surface area (Å²) in [6, 6.07) is 7.59. The van der Waals surface area contributed by atoms with Crippen LogP contribution >= 0.6 is 11.6 Å². The number of carbonyl (C=O) groups excluding carboxylic acids is 2. The van der Waals surface area contributed by atoms with Crippen LogP contribution in [0.25, 0.3) is 0 Å². The van der Waals surface area contributed by atoms with Crippen molar-refractivity contribution in [1.29, 1.82) is 0 Å². The standard InChI is InChI=1S/C15H18ClN3O2/c16-12-3-1-2-10(6-12)13-9-17-4-5-19(13)15(21)11-7-14(20)18-8-11/h1-3,6,11,13,17H,4-5,7-9H2,(H,18,20). The van der Waals surface area contributed by atoms with Crippen LogP contribution in [-0.2, 0) is 9.59 Å². The molecule has 3 rings (SSSR count). The van der Waals surface area contributed by atoms with Gasteiger partial charge in [0.2, 0.25) is 11.8 Å². The van der Waals surface area contributed by atoms with Crippen LogP contribution in [0.4, 0.5) is 0 Å². The summed E-state index contributed by atoms with van der Waals surface area (Å²) in [4.78, 5) is 25.9. The number of carbonyl (C=O) groups is 2. The summed E-state index contributed by atoms with van der Waals surface area (Å²) in [6.45, 7) is 2.58. The van der Waals surface area contributed by atoms with E-state index in [0.717, 1.165) is 12.1 Å². The summed E-state index contributed by atoms with van der Waals surface area (Å²) >= 11 is 6.06. The second-order valence-corrected chi connectivity index (χ2v) is 5.95. The maximum Gasteiger partial charge on any atom is 0.228 e. The molecule has 2 atom stereocenters. The Morgan fingerprint density at radius 1 is 1.33 bits per heavy atom. The van der Waals surface area contributed by atoms with E-state index < -0.39 is 0 Å². The first-order valence-electron chi connectivity index (χ1n) is 7.18. The molecule has 0 radical (unpaired) electrons. The molecule has 0 bridgehead atoms. The topological polar surface area (TPSA) is 61.4 Å². The van der Waals surface area contributed by atoms with E-state index in [2.05, 4.69) is 10.6 Å². The predicted octanol–water partition coefficient (Wildman–Crippen LogP) is 0.949. The maximum absolute atomic E-state index is 12.7. The monoisotopic (exact) mass is 307 g/mol. The van der Waals surface area contributed by atoms with Gasteiger partial charge in [-0.1, -0.05) is 23.7 Å². The number of nitrogens with one attached hydrogen (secondary N) is 2. The van der Waals surface area contributed by atoms with Gasteiger partial charge >= 0.3 is 0 Å². The normalized spacial score (nSPS) is 25.8. The van der Waals surface area contributed by atoms with Crippen molar-refractivity contribution in [2.75, 3.05) is 26.2 Å². The Kier molecular flexibility index (Phi) is 4.12. The molecule has 2 N–H and O–H groups in total. The lowest BCUT2D eigenvalue weighted by Crippen LogP contribution is -2.50. The SMILES string of the molecule is O=C1CC(C(=O)N2CCNCC2c2cccc(Cl)c2)CN1. The van der Waals surface area contributed by atoms with Crippen LogP contribution < -0.4 is 10.6 Å². The molecule has 2 fully saturated rings. The van der Waals surface area contributed by atoms with Gasteiger partial charge in [-0.2, -0.15) is 0 Å². The van der Waals surface area contributed by atoms with E-state index in [1.54, 1.807) is 0 Å². The van der Waals surface area contributed by atoms with Gasteiger partial charge in [0.25, 0.3) is 0 Å². The minimum Gasteiger partial charge on any atom is -0.355 e. The number of amides is 2. The van der Waals surface area contributed by atoms with Crippen LogP contribution in [-0.4, -0.2) is 42.9 Å². The summed E-state index contributed by atoms with van der Waals surface area (Å²) in [7, 11) is 0. The van der Waals surface area contributed by atoms with Crippen molar-refractivity contribution in [3.63, 3.8) is 0 Å². The third kappa shape index (κ3) is 3.04. The molecule has 2 heterocycles. The third-order valence-electron chi connectivity index (χ3n) is 4.09. The number of hydrogen-bond acceptors (Lipinski definition) is 3. The second kappa shape index (κ2) is 6.03. The largest absolute Gasteiger partial charge is 0.355 e. The number of benzene rings is 1. The fraction of sp³-hybridized carbons (Fsp3) is 0.467. The molecule has 2 amide bonds. The van der Waals surface area contributed by atoms with Gasteiger partial charge in [0.1, 0.15) is 0 Å². The number of halogens is 1. The van der Waals surface area contributed by atoms with Crippen molar-refractivity contribution in [1.82, 2.24) is 15.5 Å². The average molecular weight is 308 g/mol. The minimum absolute atomic E-state index is 0.0272. The van der Waals surface area contributed by atoms with E-state index in [-0.39, 0.29) is 23.8 Å². The van der Waals surface area contributed by atoms with Crippen LogP contribution in [0.2, 0.25) is 5.02 Å². The van der Waals surface area contributed by atoms with Gasteiger partial charge in [0.05, 0.1) is 12.0 Å². The quantitative estimate of drug-likeness (QED) is 0.855. The van der Waals surface area contributed by atoms with Crippen molar-refractivity contribution in [3.8, 4) is 0 Å². The van der Waals surface area contributed by atoms with Crippen molar-refractivity contribution in [2.24, 2.45) is 5.92 Å². The maximum atomic E-state index is 12.7. The lowest BCUT2D eigenvalue weighted by atomic mass is 9.99. The van der Waals surface area contributed by atoms with E-state index >= 15 is 0 Å². The van der Waals surface area contributed by atoms with Gasteiger partial charge in [-0.05, 0) is 17.7 Å².